The maximum absolute atomic E-state index is 5.59. The summed E-state index contributed by atoms with van der Waals surface area (Å²) in [5, 5.41) is 0. The van der Waals surface area contributed by atoms with Crippen molar-refractivity contribution in [2.75, 3.05) is 6.61 Å². The van der Waals surface area contributed by atoms with Crippen LogP contribution < -0.4 is 4.74 Å². The lowest BCUT2D eigenvalue weighted by Gasteiger charge is -2.02. The fraction of sp³-hybridized carbons (Fsp3) is 0.364. The number of ether oxygens (including phenoxy) is 1. The van der Waals surface area contributed by atoms with Crippen LogP contribution in [0.15, 0.2) is 24.3 Å². The Labute approximate surface area is 82.3 Å². The molecular formula is C11H12N2O. The average molecular weight is 188 g/mol. The lowest BCUT2D eigenvalue weighted by molar-refractivity contribution is 0.295. The number of hydrogen-bond donors (Lipinski definition) is 0. The molecule has 0 fully saturated rings. The van der Waals surface area contributed by atoms with E-state index in [1.165, 1.54) is 11.9 Å². The van der Waals surface area contributed by atoms with Gasteiger partial charge in [-0.2, -0.15) is 4.98 Å². The normalized spacial score (nSPS) is 16.0. The van der Waals surface area contributed by atoms with Gasteiger partial charge >= 0.3 is 0 Å². The van der Waals surface area contributed by atoms with Crippen LogP contribution in [0.4, 0.5) is 0 Å². The van der Waals surface area contributed by atoms with Gasteiger partial charge in [0.25, 0.3) is 6.01 Å². The van der Waals surface area contributed by atoms with E-state index in [-0.39, 0.29) is 0 Å². The van der Waals surface area contributed by atoms with E-state index in [1.807, 2.05) is 18.2 Å². The summed E-state index contributed by atoms with van der Waals surface area (Å²) < 4.78 is 7.75. The van der Waals surface area contributed by atoms with Crippen LogP contribution in [0.1, 0.15) is 12.8 Å². The second-order valence-corrected chi connectivity index (χ2v) is 3.59. The molecule has 14 heavy (non-hydrogen) atoms. The molecule has 3 nitrogen and oxygen atoms in total. The number of fused-ring (bicyclic) bond motifs is 3. The van der Waals surface area contributed by atoms with Crippen LogP contribution in [0.25, 0.3) is 11.0 Å². The quantitative estimate of drug-likeness (QED) is 0.633. The van der Waals surface area contributed by atoms with Gasteiger partial charge in [0.1, 0.15) is 0 Å². The van der Waals surface area contributed by atoms with Crippen LogP contribution in [0.2, 0.25) is 0 Å². The Hall–Kier alpha value is -1.51. The highest BCUT2D eigenvalue weighted by Crippen LogP contribution is 2.23. The first-order valence-electron chi connectivity index (χ1n) is 5.03. The van der Waals surface area contributed by atoms with Gasteiger partial charge in [0.15, 0.2) is 0 Å². The maximum Gasteiger partial charge on any atom is 0.297 e. The minimum absolute atomic E-state index is 0.781. The van der Waals surface area contributed by atoms with E-state index in [2.05, 4.69) is 15.6 Å². The van der Waals surface area contributed by atoms with Crippen molar-refractivity contribution in [2.45, 2.75) is 19.4 Å². The molecule has 0 aliphatic carbocycles. The number of hydrogen-bond acceptors (Lipinski definition) is 2. The largest absolute Gasteiger partial charge is 0.465 e. The first kappa shape index (κ1) is 7.85. The summed E-state index contributed by atoms with van der Waals surface area (Å²) in [5.74, 6) is 0. The van der Waals surface area contributed by atoms with Crippen LogP contribution >= 0.6 is 0 Å². The third-order valence-electron chi connectivity index (χ3n) is 2.63. The summed E-state index contributed by atoms with van der Waals surface area (Å²) in [6.07, 6.45) is 2.30. The maximum atomic E-state index is 5.59. The SMILES string of the molecule is c1ccc2c(c1)nc1n2CCCCO1. The van der Waals surface area contributed by atoms with Crippen molar-refractivity contribution in [3.8, 4) is 6.01 Å². The van der Waals surface area contributed by atoms with E-state index >= 15 is 0 Å². The van der Waals surface area contributed by atoms with Crippen molar-refractivity contribution >= 4 is 11.0 Å². The Morgan fingerprint density at radius 3 is 3.14 bits per heavy atom. The van der Waals surface area contributed by atoms with Gasteiger partial charge in [0, 0.05) is 6.54 Å². The highest BCUT2D eigenvalue weighted by atomic mass is 16.5. The minimum Gasteiger partial charge on any atom is -0.465 e. The first-order chi connectivity index (χ1) is 6.95. The monoisotopic (exact) mass is 188 g/mol. The number of nitrogens with zero attached hydrogens (tertiary/aromatic N) is 2. The molecule has 0 saturated heterocycles. The Morgan fingerprint density at radius 1 is 1.21 bits per heavy atom. The molecule has 0 saturated carbocycles. The lowest BCUT2D eigenvalue weighted by atomic mass is 10.3. The van der Waals surface area contributed by atoms with Crippen molar-refractivity contribution in [3.05, 3.63) is 24.3 Å². The summed E-state index contributed by atoms with van der Waals surface area (Å²) in [6, 6.07) is 8.96. The molecular weight excluding hydrogens is 176 g/mol. The van der Waals surface area contributed by atoms with Crippen LogP contribution in [0.5, 0.6) is 6.01 Å². The summed E-state index contributed by atoms with van der Waals surface area (Å²) in [7, 11) is 0. The van der Waals surface area contributed by atoms with Crippen LogP contribution in [0.3, 0.4) is 0 Å². The number of aryl methyl sites for hydroxylation is 1. The smallest absolute Gasteiger partial charge is 0.297 e. The zero-order valence-electron chi connectivity index (χ0n) is 7.94. The van der Waals surface area contributed by atoms with Gasteiger partial charge in [0.05, 0.1) is 17.6 Å². The molecule has 0 bridgehead atoms. The molecule has 0 unspecified atom stereocenters. The molecule has 0 N–H and O–H groups in total. The molecule has 0 atom stereocenters. The predicted octanol–water partition coefficient (Wildman–Crippen LogP) is 2.21. The third-order valence-corrected chi connectivity index (χ3v) is 2.63. The summed E-state index contributed by atoms with van der Waals surface area (Å²) in [6.45, 7) is 1.82. The van der Waals surface area contributed by atoms with E-state index in [1.54, 1.807) is 0 Å². The summed E-state index contributed by atoms with van der Waals surface area (Å²) in [5.41, 5.74) is 2.22. The van der Waals surface area contributed by atoms with Gasteiger partial charge in [-0.1, -0.05) is 12.1 Å². The van der Waals surface area contributed by atoms with E-state index < -0.39 is 0 Å². The molecule has 2 heterocycles. The molecule has 1 aromatic carbocycles. The van der Waals surface area contributed by atoms with Crippen molar-refractivity contribution in [1.82, 2.24) is 9.55 Å². The molecule has 1 aromatic heterocycles. The highest BCUT2D eigenvalue weighted by molar-refractivity contribution is 5.76. The first-order valence-corrected chi connectivity index (χ1v) is 5.03. The molecule has 0 spiro atoms. The average Bonchev–Trinajstić information content (AvgIpc) is 2.42. The number of rotatable bonds is 0. The van der Waals surface area contributed by atoms with Crippen molar-refractivity contribution in [1.29, 1.82) is 0 Å². The zero-order valence-corrected chi connectivity index (χ0v) is 7.94. The van der Waals surface area contributed by atoms with Crippen LogP contribution in [-0.4, -0.2) is 16.2 Å². The Bertz CT molecular complexity index is 461. The minimum atomic E-state index is 0.781. The van der Waals surface area contributed by atoms with Gasteiger partial charge in [-0.3, -0.25) is 4.57 Å². The van der Waals surface area contributed by atoms with Crippen molar-refractivity contribution in [2.24, 2.45) is 0 Å². The number of imidazole rings is 1. The lowest BCUT2D eigenvalue weighted by Crippen LogP contribution is -1.98. The molecule has 3 rings (SSSR count). The zero-order chi connectivity index (χ0) is 9.38. The number of aromatic nitrogens is 2. The molecule has 72 valence electrons. The van der Waals surface area contributed by atoms with E-state index in [9.17, 15) is 0 Å². The summed E-state index contributed by atoms with van der Waals surface area (Å²) in [4.78, 5) is 4.45. The molecule has 0 amide bonds. The van der Waals surface area contributed by atoms with Gasteiger partial charge < -0.3 is 4.74 Å². The van der Waals surface area contributed by atoms with Crippen LogP contribution in [0, 0.1) is 0 Å². The standard InChI is InChI=1S/C11H12N2O/c1-2-6-10-9(5-1)12-11-13(10)7-3-4-8-14-11/h1-2,5-6H,3-4,7-8H2. The molecule has 3 heteroatoms. The number of para-hydroxylation sites is 2. The Balaban J connectivity index is 2.24. The van der Waals surface area contributed by atoms with Crippen LogP contribution in [-0.2, 0) is 6.54 Å². The molecule has 1 aliphatic heterocycles. The third kappa shape index (κ3) is 1.09. The Kier molecular flexibility index (Phi) is 1.69. The van der Waals surface area contributed by atoms with E-state index in [4.69, 9.17) is 4.74 Å². The Morgan fingerprint density at radius 2 is 2.14 bits per heavy atom. The molecule has 1 aliphatic rings. The fourth-order valence-corrected chi connectivity index (χ4v) is 1.92. The predicted molar refractivity (Wildman–Crippen MR) is 54.5 cm³/mol. The van der Waals surface area contributed by atoms with Crippen molar-refractivity contribution in [3.63, 3.8) is 0 Å². The second-order valence-electron chi connectivity index (χ2n) is 3.59. The molecule has 2 aromatic rings. The second kappa shape index (κ2) is 3.01. The van der Waals surface area contributed by atoms with Gasteiger partial charge in [-0.15, -0.1) is 0 Å². The topological polar surface area (TPSA) is 27.1 Å². The number of benzene rings is 1. The van der Waals surface area contributed by atoms with Crippen molar-refractivity contribution < 1.29 is 4.74 Å². The fourth-order valence-electron chi connectivity index (χ4n) is 1.92. The van der Waals surface area contributed by atoms with E-state index in [0.717, 1.165) is 31.1 Å². The summed E-state index contributed by atoms with van der Waals surface area (Å²) >= 11 is 0. The van der Waals surface area contributed by atoms with Gasteiger partial charge in [0.2, 0.25) is 0 Å². The van der Waals surface area contributed by atoms with Gasteiger partial charge in [-0.05, 0) is 25.0 Å². The highest BCUT2D eigenvalue weighted by Gasteiger charge is 2.13. The molecule has 0 radical (unpaired) electrons. The van der Waals surface area contributed by atoms with E-state index in [0.29, 0.717) is 0 Å². The van der Waals surface area contributed by atoms with Gasteiger partial charge in [-0.25, -0.2) is 0 Å².